The number of aliphatic hydroxyl groups is 1. The zero-order valence-electron chi connectivity index (χ0n) is 13.6. The molecule has 0 fully saturated rings. The van der Waals surface area contributed by atoms with E-state index in [1.807, 2.05) is 0 Å². The van der Waals surface area contributed by atoms with Crippen LogP contribution >= 0.6 is 0 Å². The van der Waals surface area contributed by atoms with Gasteiger partial charge in [0.15, 0.2) is 0 Å². The van der Waals surface area contributed by atoms with Gasteiger partial charge in [-0.15, -0.1) is 0 Å². The Morgan fingerprint density at radius 1 is 1.00 bits per heavy atom. The van der Waals surface area contributed by atoms with E-state index in [-0.39, 0.29) is 37.3 Å². The summed E-state index contributed by atoms with van der Waals surface area (Å²) in [5.74, 6) is -0.819. The lowest BCUT2D eigenvalue weighted by Crippen LogP contribution is -2.31. The van der Waals surface area contributed by atoms with Crippen LogP contribution in [0.2, 0.25) is 0 Å². The monoisotopic (exact) mass is 338 g/mol. The molecule has 3 rings (SSSR count). The van der Waals surface area contributed by atoms with Crippen LogP contribution in [0.25, 0.3) is 0 Å². The second kappa shape index (κ2) is 7.27. The SMILES string of the molecule is O=C(CCCN1C(=O)c2ccccc2C1=O)Nc1cccc(CO)c1. The Morgan fingerprint density at radius 3 is 2.32 bits per heavy atom. The second-order valence-corrected chi connectivity index (χ2v) is 5.82. The van der Waals surface area contributed by atoms with E-state index < -0.39 is 0 Å². The van der Waals surface area contributed by atoms with Crippen molar-refractivity contribution in [1.82, 2.24) is 4.90 Å². The third kappa shape index (κ3) is 3.59. The normalized spacial score (nSPS) is 13.1. The number of rotatable bonds is 6. The molecule has 0 aromatic heterocycles. The molecule has 0 saturated heterocycles. The van der Waals surface area contributed by atoms with Gasteiger partial charge >= 0.3 is 0 Å². The van der Waals surface area contributed by atoms with Gasteiger partial charge in [-0.2, -0.15) is 0 Å². The molecule has 0 radical (unpaired) electrons. The van der Waals surface area contributed by atoms with E-state index in [4.69, 9.17) is 5.11 Å². The second-order valence-electron chi connectivity index (χ2n) is 5.82. The van der Waals surface area contributed by atoms with Crippen LogP contribution in [-0.2, 0) is 11.4 Å². The highest BCUT2D eigenvalue weighted by atomic mass is 16.3. The minimum atomic E-state index is -0.309. The van der Waals surface area contributed by atoms with Gasteiger partial charge in [0.1, 0.15) is 0 Å². The van der Waals surface area contributed by atoms with E-state index in [2.05, 4.69) is 5.32 Å². The number of nitrogens with zero attached hydrogens (tertiary/aromatic N) is 1. The number of imide groups is 1. The van der Waals surface area contributed by atoms with Gasteiger partial charge in [-0.3, -0.25) is 19.3 Å². The smallest absolute Gasteiger partial charge is 0.261 e. The number of hydrogen-bond acceptors (Lipinski definition) is 4. The largest absolute Gasteiger partial charge is 0.392 e. The van der Waals surface area contributed by atoms with Gasteiger partial charge in [0.05, 0.1) is 17.7 Å². The van der Waals surface area contributed by atoms with E-state index in [0.717, 1.165) is 0 Å². The third-order valence-corrected chi connectivity index (χ3v) is 4.06. The lowest BCUT2D eigenvalue weighted by atomic mass is 10.1. The molecule has 6 heteroatoms. The van der Waals surface area contributed by atoms with Crippen LogP contribution in [-0.4, -0.2) is 34.3 Å². The van der Waals surface area contributed by atoms with Crippen molar-refractivity contribution in [3.63, 3.8) is 0 Å². The minimum Gasteiger partial charge on any atom is -0.392 e. The highest BCUT2D eigenvalue weighted by Gasteiger charge is 2.34. The average molecular weight is 338 g/mol. The molecule has 0 bridgehead atoms. The number of anilines is 1. The van der Waals surface area contributed by atoms with Crippen LogP contribution in [0.4, 0.5) is 5.69 Å². The maximum atomic E-state index is 12.2. The molecule has 1 aliphatic rings. The van der Waals surface area contributed by atoms with Crippen LogP contribution < -0.4 is 5.32 Å². The fourth-order valence-corrected chi connectivity index (χ4v) is 2.81. The van der Waals surface area contributed by atoms with Crippen molar-refractivity contribution in [2.24, 2.45) is 0 Å². The molecule has 0 saturated carbocycles. The molecule has 25 heavy (non-hydrogen) atoms. The number of aliphatic hydroxyl groups excluding tert-OH is 1. The van der Waals surface area contributed by atoms with Gasteiger partial charge in [0, 0.05) is 18.7 Å². The molecule has 2 N–H and O–H groups in total. The van der Waals surface area contributed by atoms with Crippen LogP contribution in [0.3, 0.4) is 0 Å². The van der Waals surface area contributed by atoms with Crippen LogP contribution in [0.5, 0.6) is 0 Å². The standard InChI is InChI=1S/C19H18N2O4/c22-12-13-5-3-6-14(11-13)20-17(23)9-4-10-21-18(24)15-7-1-2-8-16(15)19(21)25/h1-3,5-8,11,22H,4,9-10,12H2,(H,20,23). The summed E-state index contributed by atoms with van der Waals surface area (Å²) in [4.78, 5) is 37.6. The Morgan fingerprint density at radius 2 is 1.68 bits per heavy atom. The van der Waals surface area contributed by atoms with Crippen LogP contribution in [0.15, 0.2) is 48.5 Å². The Kier molecular flexibility index (Phi) is 4.90. The van der Waals surface area contributed by atoms with Crippen molar-refractivity contribution in [1.29, 1.82) is 0 Å². The minimum absolute atomic E-state index is 0.0938. The Balaban J connectivity index is 1.52. The predicted octanol–water partition coefficient (Wildman–Crippen LogP) is 2.19. The van der Waals surface area contributed by atoms with E-state index in [9.17, 15) is 14.4 Å². The summed E-state index contributed by atoms with van der Waals surface area (Å²) in [7, 11) is 0. The molecular formula is C19H18N2O4. The first-order valence-electron chi connectivity index (χ1n) is 8.05. The fraction of sp³-hybridized carbons (Fsp3) is 0.211. The number of nitrogens with one attached hydrogen (secondary N) is 1. The summed E-state index contributed by atoms with van der Waals surface area (Å²) in [6, 6.07) is 13.7. The zero-order chi connectivity index (χ0) is 17.8. The lowest BCUT2D eigenvalue weighted by Gasteiger charge is -2.13. The first-order chi connectivity index (χ1) is 12.1. The average Bonchev–Trinajstić information content (AvgIpc) is 2.87. The highest BCUT2D eigenvalue weighted by Crippen LogP contribution is 2.22. The lowest BCUT2D eigenvalue weighted by molar-refractivity contribution is -0.116. The molecule has 6 nitrogen and oxygen atoms in total. The maximum Gasteiger partial charge on any atom is 0.261 e. The number of carbonyl (C=O) groups is 3. The first kappa shape index (κ1) is 16.9. The summed E-state index contributed by atoms with van der Waals surface area (Å²) in [6.07, 6.45) is 0.577. The Bertz CT molecular complexity index is 797. The summed E-state index contributed by atoms with van der Waals surface area (Å²) in [5.41, 5.74) is 2.15. The van der Waals surface area contributed by atoms with Gasteiger partial charge < -0.3 is 10.4 Å². The molecule has 1 aliphatic heterocycles. The zero-order valence-corrected chi connectivity index (χ0v) is 13.6. The molecule has 3 amide bonds. The molecule has 1 heterocycles. The molecular weight excluding hydrogens is 320 g/mol. The Hall–Kier alpha value is -2.99. The van der Waals surface area contributed by atoms with Crippen molar-refractivity contribution < 1.29 is 19.5 Å². The van der Waals surface area contributed by atoms with E-state index >= 15 is 0 Å². The summed E-state index contributed by atoms with van der Waals surface area (Å²) < 4.78 is 0. The van der Waals surface area contributed by atoms with Gasteiger partial charge in [-0.25, -0.2) is 0 Å². The molecule has 0 atom stereocenters. The van der Waals surface area contributed by atoms with E-state index in [1.165, 1.54) is 4.90 Å². The quantitative estimate of drug-likeness (QED) is 0.791. The van der Waals surface area contributed by atoms with Gasteiger partial charge in [-0.05, 0) is 36.2 Å². The van der Waals surface area contributed by atoms with Crippen molar-refractivity contribution >= 4 is 23.4 Å². The molecule has 2 aromatic rings. The summed E-state index contributed by atoms with van der Waals surface area (Å²) >= 11 is 0. The molecule has 0 spiro atoms. The predicted molar refractivity (Wildman–Crippen MR) is 92.0 cm³/mol. The summed E-state index contributed by atoms with van der Waals surface area (Å²) in [6.45, 7) is 0.111. The van der Waals surface area contributed by atoms with E-state index in [0.29, 0.717) is 28.8 Å². The van der Waals surface area contributed by atoms with Crippen LogP contribution in [0, 0.1) is 0 Å². The van der Waals surface area contributed by atoms with Crippen molar-refractivity contribution in [3.05, 3.63) is 65.2 Å². The molecule has 128 valence electrons. The number of amides is 3. The van der Waals surface area contributed by atoms with Crippen molar-refractivity contribution in [2.45, 2.75) is 19.4 Å². The topological polar surface area (TPSA) is 86.7 Å². The van der Waals surface area contributed by atoms with Crippen molar-refractivity contribution in [3.8, 4) is 0 Å². The molecule has 0 unspecified atom stereocenters. The Labute approximate surface area is 145 Å². The number of fused-ring (bicyclic) bond motifs is 1. The number of carbonyl (C=O) groups excluding carboxylic acids is 3. The number of hydrogen-bond donors (Lipinski definition) is 2. The van der Waals surface area contributed by atoms with Gasteiger partial charge in [0.2, 0.25) is 5.91 Å². The van der Waals surface area contributed by atoms with Gasteiger partial charge in [-0.1, -0.05) is 24.3 Å². The first-order valence-corrected chi connectivity index (χ1v) is 8.05. The van der Waals surface area contributed by atoms with Crippen molar-refractivity contribution in [2.75, 3.05) is 11.9 Å². The number of benzene rings is 2. The van der Waals surface area contributed by atoms with E-state index in [1.54, 1.807) is 48.5 Å². The molecule has 0 aliphatic carbocycles. The highest BCUT2D eigenvalue weighted by molar-refractivity contribution is 6.21. The van der Waals surface area contributed by atoms with Crippen LogP contribution in [0.1, 0.15) is 39.1 Å². The third-order valence-electron chi connectivity index (χ3n) is 4.06. The summed E-state index contributed by atoms with van der Waals surface area (Å²) in [5, 5.41) is 11.8. The molecule has 2 aromatic carbocycles. The van der Waals surface area contributed by atoms with Gasteiger partial charge in [0.25, 0.3) is 11.8 Å². The maximum absolute atomic E-state index is 12.2. The fourth-order valence-electron chi connectivity index (χ4n) is 2.81.